The summed E-state index contributed by atoms with van der Waals surface area (Å²) in [6.07, 6.45) is 9.04. The van der Waals surface area contributed by atoms with Gasteiger partial charge in [0.15, 0.2) is 0 Å². The van der Waals surface area contributed by atoms with Gasteiger partial charge < -0.3 is 20.9 Å². The predicted octanol–water partition coefficient (Wildman–Crippen LogP) is 2.45. The van der Waals surface area contributed by atoms with Gasteiger partial charge in [-0.25, -0.2) is 0 Å². The minimum absolute atomic E-state index is 0.127. The van der Waals surface area contributed by atoms with Crippen molar-refractivity contribution in [3.63, 3.8) is 0 Å². The first-order valence-corrected chi connectivity index (χ1v) is 8.04. The van der Waals surface area contributed by atoms with E-state index in [-0.39, 0.29) is 6.04 Å². The third-order valence-electron chi connectivity index (χ3n) is 4.25. The Morgan fingerprint density at radius 1 is 1.43 bits per heavy atom. The zero-order valence-electron chi connectivity index (χ0n) is 13.7. The molecule has 0 aliphatic carbocycles. The molecule has 1 aromatic carbocycles. The molecule has 4 nitrogen and oxygen atoms in total. The lowest BCUT2D eigenvalue weighted by atomic mass is 9.88. The molecule has 2 aliphatic rings. The van der Waals surface area contributed by atoms with Crippen molar-refractivity contribution in [1.82, 2.24) is 5.32 Å². The molecule has 0 aromatic heterocycles. The molecule has 1 aromatic rings. The van der Waals surface area contributed by atoms with Crippen molar-refractivity contribution in [1.29, 1.82) is 0 Å². The number of nitrogens with one attached hydrogen (secondary N) is 1. The molecule has 1 atom stereocenters. The van der Waals surface area contributed by atoms with Crippen LogP contribution in [0, 0.1) is 0 Å². The van der Waals surface area contributed by atoms with E-state index in [1.807, 2.05) is 30.5 Å². The van der Waals surface area contributed by atoms with Crippen LogP contribution in [0.1, 0.15) is 31.4 Å². The Morgan fingerprint density at radius 2 is 2.26 bits per heavy atom. The number of nitrogens with two attached hydrogens (primary N) is 1. The number of dihydropyridines is 1. The highest BCUT2D eigenvalue weighted by atomic mass is 16.5. The van der Waals surface area contributed by atoms with Crippen molar-refractivity contribution in [2.45, 2.75) is 31.9 Å². The second-order valence-electron chi connectivity index (χ2n) is 6.48. The fourth-order valence-electron chi connectivity index (χ4n) is 2.98. The summed E-state index contributed by atoms with van der Waals surface area (Å²) in [6.45, 7) is 4.77. The van der Waals surface area contributed by atoms with E-state index in [4.69, 9.17) is 10.5 Å². The Labute approximate surface area is 137 Å². The van der Waals surface area contributed by atoms with Gasteiger partial charge in [0.05, 0.1) is 11.6 Å². The molecule has 0 spiro atoms. The smallest absolute Gasteiger partial charge is 0.127 e. The third kappa shape index (κ3) is 3.19. The van der Waals surface area contributed by atoms with Crippen molar-refractivity contribution in [2.24, 2.45) is 5.73 Å². The van der Waals surface area contributed by atoms with Gasteiger partial charge in [-0.3, -0.25) is 0 Å². The standard InChI is InChI=1S/C19H24N2O2/c1-19(2,22)13-7-8-18-16(11-13)14(5-3-9-20)15-6-4-10-21-17(15)12-23-18/h4-8,10-11,17,21-22H,3,9,12,20H2,1-2H3/b14-5+. The van der Waals surface area contributed by atoms with Crippen LogP contribution in [0.5, 0.6) is 5.75 Å². The van der Waals surface area contributed by atoms with Crippen LogP contribution >= 0.6 is 0 Å². The van der Waals surface area contributed by atoms with E-state index >= 15 is 0 Å². The molecule has 23 heavy (non-hydrogen) atoms. The maximum absolute atomic E-state index is 10.3. The summed E-state index contributed by atoms with van der Waals surface area (Å²) in [7, 11) is 0. The van der Waals surface area contributed by atoms with Crippen LogP contribution in [0.25, 0.3) is 5.57 Å². The Hall–Kier alpha value is -2.04. The summed E-state index contributed by atoms with van der Waals surface area (Å²) >= 11 is 0. The highest BCUT2D eigenvalue weighted by molar-refractivity contribution is 5.85. The molecule has 0 amide bonds. The summed E-state index contributed by atoms with van der Waals surface area (Å²) in [6, 6.07) is 6.03. The maximum Gasteiger partial charge on any atom is 0.127 e. The highest BCUT2D eigenvalue weighted by Crippen LogP contribution is 2.39. The van der Waals surface area contributed by atoms with Gasteiger partial charge in [-0.2, -0.15) is 0 Å². The largest absolute Gasteiger partial charge is 0.490 e. The van der Waals surface area contributed by atoms with Gasteiger partial charge in [0, 0.05) is 5.56 Å². The van der Waals surface area contributed by atoms with Gasteiger partial charge in [0.25, 0.3) is 0 Å². The van der Waals surface area contributed by atoms with E-state index in [0.29, 0.717) is 13.2 Å². The molecule has 0 radical (unpaired) electrons. The van der Waals surface area contributed by atoms with E-state index in [2.05, 4.69) is 17.5 Å². The number of allylic oxidation sites excluding steroid dienone is 2. The number of aliphatic hydroxyl groups is 1. The zero-order chi connectivity index (χ0) is 16.4. The molecule has 4 N–H and O–H groups in total. The molecule has 3 rings (SSSR count). The second-order valence-corrected chi connectivity index (χ2v) is 6.48. The van der Waals surface area contributed by atoms with Crippen molar-refractivity contribution in [3.05, 3.63) is 59.3 Å². The Bertz CT molecular complexity index is 681. The fourth-order valence-corrected chi connectivity index (χ4v) is 2.98. The Morgan fingerprint density at radius 3 is 3.00 bits per heavy atom. The second kappa shape index (κ2) is 6.22. The first-order chi connectivity index (χ1) is 11.0. The van der Waals surface area contributed by atoms with Crippen molar-refractivity contribution < 1.29 is 9.84 Å². The molecule has 0 bridgehead atoms. The topological polar surface area (TPSA) is 67.5 Å². The van der Waals surface area contributed by atoms with E-state index in [0.717, 1.165) is 28.9 Å². The lowest BCUT2D eigenvalue weighted by Crippen LogP contribution is -2.33. The first kappa shape index (κ1) is 15.8. The van der Waals surface area contributed by atoms with E-state index in [1.54, 1.807) is 13.8 Å². The average molecular weight is 312 g/mol. The monoisotopic (exact) mass is 312 g/mol. The van der Waals surface area contributed by atoms with Gasteiger partial charge in [-0.05, 0) is 67.9 Å². The van der Waals surface area contributed by atoms with Gasteiger partial charge in [-0.1, -0.05) is 18.2 Å². The van der Waals surface area contributed by atoms with E-state index in [9.17, 15) is 5.11 Å². The summed E-state index contributed by atoms with van der Waals surface area (Å²) < 4.78 is 6.00. The van der Waals surface area contributed by atoms with Gasteiger partial charge in [0.2, 0.25) is 0 Å². The normalized spacial score (nSPS) is 21.7. The number of rotatable bonds is 3. The fraction of sp³-hybridized carbons (Fsp3) is 0.368. The Balaban J connectivity index is 2.15. The van der Waals surface area contributed by atoms with Crippen LogP contribution in [-0.2, 0) is 5.60 Å². The molecule has 0 saturated carbocycles. The SMILES string of the molecule is CC(C)(O)c1ccc2c(c1)/C(=C/CCN)C1=CC=CNC1CO2. The van der Waals surface area contributed by atoms with Crippen molar-refractivity contribution >= 4 is 5.57 Å². The van der Waals surface area contributed by atoms with Crippen LogP contribution in [0.2, 0.25) is 0 Å². The van der Waals surface area contributed by atoms with Gasteiger partial charge >= 0.3 is 0 Å². The number of fused-ring (bicyclic) bond motifs is 2. The molecule has 4 heteroatoms. The maximum atomic E-state index is 10.3. The first-order valence-electron chi connectivity index (χ1n) is 8.04. The number of hydrogen-bond donors (Lipinski definition) is 3. The van der Waals surface area contributed by atoms with E-state index < -0.39 is 5.60 Å². The Kier molecular flexibility index (Phi) is 4.28. The third-order valence-corrected chi connectivity index (χ3v) is 4.25. The minimum atomic E-state index is -0.890. The predicted molar refractivity (Wildman–Crippen MR) is 93.0 cm³/mol. The van der Waals surface area contributed by atoms with Crippen LogP contribution in [-0.4, -0.2) is 24.3 Å². The van der Waals surface area contributed by atoms with E-state index in [1.165, 1.54) is 5.57 Å². The number of ether oxygens (including phenoxy) is 1. The molecule has 0 saturated heterocycles. The average Bonchev–Trinajstić information content (AvgIpc) is 2.68. The molecule has 2 aliphatic heterocycles. The molecule has 122 valence electrons. The zero-order valence-corrected chi connectivity index (χ0v) is 13.7. The van der Waals surface area contributed by atoms with Gasteiger partial charge in [0.1, 0.15) is 12.4 Å². The number of hydrogen-bond acceptors (Lipinski definition) is 4. The summed E-state index contributed by atoms with van der Waals surface area (Å²) in [5.74, 6) is 0.846. The summed E-state index contributed by atoms with van der Waals surface area (Å²) in [4.78, 5) is 0. The molecular weight excluding hydrogens is 288 g/mol. The van der Waals surface area contributed by atoms with Crippen LogP contribution in [0.15, 0.2) is 48.2 Å². The van der Waals surface area contributed by atoms with Crippen LogP contribution in [0.3, 0.4) is 0 Å². The summed E-state index contributed by atoms with van der Waals surface area (Å²) in [5.41, 5.74) is 9.04. The molecular formula is C19H24N2O2. The van der Waals surface area contributed by atoms with Crippen molar-refractivity contribution in [2.75, 3.05) is 13.2 Å². The highest BCUT2D eigenvalue weighted by Gasteiger charge is 2.27. The molecule has 0 fully saturated rings. The van der Waals surface area contributed by atoms with Crippen molar-refractivity contribution in [3.8, 4) is 5.75 Å². The number of benzene rings is 1. The van der Waals surface area contributed by atoms with Crippen LogP contribution < -0.4 is 15.8 Å². The summed E-state index contributed by atoms with van der Waals surface area (Å²) in [5, 5.41) is 13.7. The molecule has 2 heterocycles. The molecule has 1 unspecified atom stereocenters. The lowest BCUT2D eigenvalue weighted by molar-refractivity contribution is 0.0785. The van der Waals surface area contributed by atoms with Gasteiger partial charge in [-0.15, -0.1) is 0 Å². The van der Waals surface area contributed by atoms with Crippen LogP contribution in [0.4, 0.5) is 0 Å². The minimum Gasteiger partial charge on any atom is -0.490 e. The lowest BCUT2D eigenvalue weighted by Gasteiger charge is -2.22. The quantitative estimate of drug-likeness (QED) is 0.802.